The molecule has 0 radical (unpaired) electrons. The quantitative estimate of drug-likeness (QED) is 0.0910. The number of nitrogens with one attached hydrogen (secondary N) is 3. The van der Waals surface area contributed by atoms with E-state index in [-0.39, 0.29) is 42.6 Å². The van der Waals surface area contributed by atoms with Crippen molar-refractivity contribution in [2.45, 2.75) is 97.1 Å². The van der Waals surface area contributed by atoms with Gasteiger partial charge in [-0.05, 0) is 42.9 Å². The molecule has 0 aromatic heterocycles. The summed E-state index contributed by atoms with van der Waals surface area (Å²) in [5, 5.41) is 8.66. The van der Waals surface area contributed by atoms with Crippen LogP contribution in [0.4, 0.5) is 0 Å². The Balaban J connectivity index is 2.04. The Labute approximate surface area is 267 Å². The van der Waals surface area contributed by atoms with Crippen LogP contribution in [0.5, 0.6) is 5.75 Å². The summed E-state index contributed by atoms with van der Waals surface area (Å²) in [4.78, 5) is 64.8. The maximum atomic E-state index is 13.6. The summed E-state index contributed by atoms with van der Waals surface area (Å²) in [6.45, 7) is 9.04. The van der Waals surface area contributed by atoms with E-state index in [1.54, 1.807) is 24.3 Å². The molecule has 0 spiro atoms. The molecule has 1 heterocycles. The lowest BCUT2D eigenvalue weighted by molar-refractivity contribution is -0.136. The van der Waals surface area contributed by atoms with Crippen LogP contribution in [0.3, 0.4) is 0 Å². The van der Waals surface area contributed by atoms with Gasteiger partial charge in [0.05, 0.1) is 19.8 Å². The molecular weight excluding hydrogens is 578 g/mol. The number of hydrogen-bond acceptors (Lipinski definition) is 8. The summed E-state index contributed by atoms with van der Waals surface area (Å²) in [6.07, 6.45) is 6.18. The molecule has 3 atom stereocenters. The first kappa shape index (κ1) is 37.7. The number of hydrogen-bond donors (Lipinski definition) is 4. The summed E-state index contributed by atoms with van der Waals surface area (Å²) in [5.41, 5.74) is 5.94. The van der Waals surface area contributed by atoms with Crippen molar-refractivity contribution in [3.05, 3.63) is 29.8 Å². The smallest absolute Gasteiger partial charge is 0.325 e. The van der Waals surface area contributed by atoms with Gasteiger partial charge in [0.1, 0.15) is 17.8 Å². The highest BCUT2D eigenvalue weighted by atomic mass is 16.5. The second-order valence-corrected chi connectivity index (χ2v) is 11.7. The van der Waals surface area contributed by atoms with Crippen LogP contribution >= 0.6 is 0 Å². The van der Waals surface area contributed by atoms with Gasteiger partial charge < -0.3 is 31.2 Å². The van der Waals surface area contributed by atoms with Gasteiger partial charge in [-0.1, -0.05) is 58.6 Å². The van der Waals surface area contributed by atoms with Crippen LogP contribution in [0.15, 0.2) is 24.3 Å². The van der Waals surface area contributed by atoms with Gasteiger partial charge in [-0.15, -0.1) is 0 Å². The van der Waals surface area contributed by atoms with Crippen LogP contribution < -0.4 is 26.4 Å². The third kappa shape index (κ3) is 15.4. The predicted octanol–water partition coefficient (Wildman–Crippen LogP) is 2.22. The van der Waals surface area contributed by atoms with Crippen molar-refractivity contribution in [3.63, 3.8) is 0 Å². The summed E-state index contributed by atoms with van der Waals surface area (Å²) in [7, 11) is 0. The fourth-order valence-electron chi connectivity index (χ4n) is 4.92. The molecule has 0 bridgehead atoms. The highest BCUT2D eigenvalue weighted by molar-refractivity contribution is 5.92. The molecule has 0 aliphatic carbocycles. The Kier molecular flexibility index (Phi) is 17.8. The number of nitrogens with two attached hydrogens (primary N) is 1. The molecule has 12 heteroatoms. The number of morpholine rings is 1. The number of carbonyl (C=O) groups is 5. The second-order valence-electron chi connectivity index (χ2n) is 11.7. The normalized spacial score (nSPS) is 15.4. The number of esters is 1. The highest BCUT2D eigenvalue weighted by Crippen LogP contribution is 2.16. The minimum absolute atomic E-state index is 0.142. The third-order valence-corrected chi connectivity index (χ3v) is 7.90. The summed E-state index contributed by atoms with van der Waals surface area (Å²) >= 11 is 0. The van der Waals surface area contributed by atoms with Crippen molar-refractivity contribution in [1.82, 2.24) is 20.9 Å². The van der Waals surface area contributed by atoms with Crippen molar-refractivity contribution in [1.29, 1.82) is 0 Å². The molecule has 0 unspecified atom stereocenters. The van der Waals surface area contributed by atoms with E-state index in [1.165, 1.54) is 0 Å². The predicted molar refractivity (Wildman–Crippen MR) is 171 cm³/mol. The van der Waals surface area contributed by atoms with E-state index in [9.17, 15) is 24.0 Å². The Morgan fingerprint density at radius 3 is 2.24 bits per heavy atom. The van der Waals surface area contributed by atoms with E-state index in [0.29, 0.717) is 70.7 Å². The largest absolute Gasteiger partial charge is 0.426 e. The molecular formula is C33H53N5O7. The van der Waals surface area contributed by atoms with E-state index < -0.39 is 18.0 Å². The first-order valence-corrected chi connectivity index (χ1v) is 16.4. The number of carbonyl (C=O) groups excluding carboxylic acids is 5. The van der Waals surface area contributed by atoms with E-state index in [4.69, 9.17) is 15.2 Å². The molecule has 1 aromatic carbocycles. The number of nitrogens with zero attached hydrogens (tertiary/aromatic N) is 1. The molecule has 1 fully saturated rings. The molecule has 1 aliphatic rings. The van der Waals surface area contributed by atoms with Gasteiger partial charge in [0.25, 0.3) is 0 Å². The monoisotopic (exact) mass is 631 g/mol. The fraction of sp³-hybridized carbons (Fsp3) is 0.667. The Hall–Kier alpha value is -3.51. The first-order valence-electron chi connectivity index (χ1n) is 16.4. The van der Waals surface area contributed by atoms with Gasteiger partial charge >= 0.3 is 5.97 Å². The van der Waals surface area contributed by atoms with Crippen LogP contribution in [-0.2, 0) is 35.1 Å². The van der Waals surface area contributed by atoms with Crippen LogP contribution in [0.25, 0.3) is 0 Å². The van der Waals surface area contributed by atoms with Gasteiger partial charge in [0, 0.05) is 38.9 Å². The Bertz CT molecular complexity index is 1080. The van der Waals surface area contributed by atoms with Gasteiger partial charge in [-0.3, -0.25) is 28.9 Å². The Morgan fingerprint density at radius 2 is 1.60 bits per heavy atom. The molecule has 0 saturated carbocycles. The number of rotatable bonds is 21. The molecule has 252 valence electrons. The highest BCUT2D eigenvalue weighted by Gasteiger charge is 2.30. The summed E-state index contributed by atoms with van der Waals surface area (Å²) < 4.78 is 10.8. The van der Waals surface area contributed by atoms with Crippen molar-refractivity contribution in [3.8, 4) is 5.75 Å². The third-order valence-electron chi connectivity index (χ3n) is 7.90. The van der Waals surface area contributed by atoms with E-state index >= 15 is 0 Å². The van der Waals surface area contributed by atoms with Gasteiger partial charge in [-0.2, -0.15) is 0 Å². The fourth-order valence-corrected chi connectivity index (χ4v) is 4.92. The van der Waals surface area contributed by atoms with E-state index in [2.05, 4.69) is 22.9 Å². The molecule has 4 amide bonds. The van der Waals surface area contributed by atoms with Crippen molar-refractivity contribution in [2.24, 2.45) is 11.7 Å². The Morgan fingerprint density at radius 1 is 0.911 bits per heavy atom. The van der Waals surface area contributed by atoms with Gasteiger partial charge in [-0.25, -0.2) is 0 Å². The van der Waals surface area contributed by atoms with Gasteiger partial charge in [0.15, 0.2) is 0 Å². The number of unbranched alkanes of at least 4 members (excludes halogenated alkanes) is 4. The number of ether oxygens (including phenoxy) is 2. The molecule has 12 nitrogen and oxygen atoms in total. The first-order chi connectivity index (χ1) is 21.6. The SMILES string of the molecule is CCCCCC(=O)N[C@@H](Cc1ccc(OC(=O)CN2CCOCC2)cc1)C(=O)N[C@H](C(=O)NCCCCCC(N)=O)[C@@H](C)CC. The van der Waals surface area contributed by atoms with Crippen LogP contribution in [0.1, 0.15) is 84.1 Å². The topological polar surface area (TPSA) is 169 Å². The molecule has 1 saturated heterocycles. The minimum Gasteiger partial charge on any atom is -0.426 e. The zero-order valence-electron chi connectivity index (χ0n) is 27.2. The lowest BCUT2D eigenvalue weighted by Crippen LogP contribution is -2.56. The second kappa shape index (κ2) is 21.3. The lowest BCUT2D eigenvalue weighted by atomic mass is 9.97. The number of primary amides is 1. The van der Waals surface area contributed by atoms with Crippen LogP contribution in [0, 0.1) is 5.92 Å². The van der Waals surface area contributed by atoms with Crippen molar-refractivity contribution in [2.75, 3.05) is 39.4 Å². The molecule has 1 aliphatic heterocycles. The standard InChI is InChI=1S/C33H53N5O7/c1-4-6-8-12-29(40)36-27(22-25-13-15-26(16-14-25)45-30(41)23-38-18-20-44-21-19-38)32(42)37-31(24(3)5-2)33(43)35-17-10-7-9-11-28(34)39/h13-16,24,27,31H,4-12,17-23H2,1-3H3,(H2,34,39)(H,35,43)(H,36,40)(H,37,42)/t24-,27-,31-/m0/s1. The zero-order valence-corrected chi connectivity index (χ0v) is 27.2. The maximum absolute atomic E-state index is 13.6. The van der Waals surface area contributed by atoms with Crippen molar-refractivity contribution >= 4 is 29.6 Å². The summed E-state index contributed by atoms with van der Waals surface area (Å²) in [5.74, 6) is -1.41. The molecule has 2 rings (SSSR count). The van der Waals surface area contributed by atoms with Crippen molar-refractivity contribution < 1.29 is 33.4 Å². The average molecular weight is 632 g/mol. The van der Waals surface area contributed by atoms with Crippen LogP contribution in [-0.4, -0.2) is 86.0 Å². The molecule has 1 aromatic rings. The minimum atomic E-state index is -0.901. The lowest BCUT2D eigenvalue weighted by Gasteiger charge is -2.27. The zero-order chi connectivity index (χ0) is 33.0. The molecule has 5 N–H and O–H groups in total. The van der Waals surface area contributed by atoms with E-state index in [1.807, 2.05) is 18.7 Å². The summed E-state index contributed by atoms with van der Waals surface area (Å²) in [6, 6.07) is 5.19. The van der Waals surface area contributed by atoms with Crippen LogP contribution in [0.2, 0.25) is 0 Å². The number of amides is 4. The maximum Gasteiger partial charge on any atom is 0.325 e. The molecule has 45 heavy (non-hydrogen) atoms. The number of benzene rings is 1. The van der Waals surface area contributed by atoms with Gasteiger partial charge in [0.2, 0.25) is 23.6 Å². The van der Waals surface area contributed by atoms with E-state index in [0.717, 1.165) is 31.2 Å². The average Bonchev–Trinajstić information content (AvgIpc) is 3.02.